The Labute approximate surface area is 119 Å². The summed E-state index contributed by atoms with van der Waals surface area (Å²) in [5.74, 6) is 1.80. The first-order valence-electron chi connectivity index (χ1n) is 7.01. The van der Waals surface area contributed by atoms with Crippen molar-refractivity contribution < 1.29 is 4.52 Å². The second-order valence-electron chi connectivity index (χ2n) is 5.58. The third-order valence-electron chi connectivity index (χ3n) is 3.56. The summed E-state index contributed by atoms with van der Waals surface area (Å²) >= 11 is 0. The van der Waals surface area contributed by atoms with E-state index in [9.17, 15) is 0 Å². The van der Waals surface area contributed by atoms with Crippen molar-refractivity contribution >= 4 is 0 Å². The van der Waals surface area contributed by atoms with Gasteiger partial charge in [-0.3, -0.25) is 0 Å². The predicted octanol–water partition coefficient (Wildman–Crippen LogP) is 1.88. The van der Waals surface area contributed by atoms with E-state index in [4.69, 9.17) is 4.52 Å². The van der Waals surface area contributed by atoms with Crippen LogP contribution in [0.2, 0.25) is 0 Å². The van der Waals surface area contributed by atoms with Crippen LogP contribution in [0, 0.1) is 0 Å². The molecule has 1 saturated heterocycles. The molecule has 2 aromatic rings. The highest BCUT2D eigenvalue weighted by Gasteiger charge is 2.22. The zero-order valence-corrected chi connectivity index (χ0v) is 12.0. The molecular weight excluding hydrogens is 252 g/mol. The lowest BCUT2D eigenvalue weighted by atomic mass is 10.1. The van der Waals surface area contributed by atoms with E-state index in [1.165, 1.54) is 5.56 Å². The molecule has 0 saturated carbocycles. The summed E-state index contributed by atoms with van der Waals surface area (Å²) < 4.78 is 5.39. The molecule has 1 aliphatic rings. The van der Waals surface area contributed by atoms with Crippen LogP contribution in [0.4, 0.5) is 0 Å². The highest BCUT2D eigenvalue weighted by Crippen LogP contribution is 2.24. The fourth-order valence-electron chi connectivity index (χ4n) is 2.51. The van der Waals surface area contributed by atoms with Crippen LogP contribution in [0.25, 0.3) is 11.4 Å². The van der Waals surface area contributed by atoms with Crippen LogP contribution in [0.15, 0.2) is 28.8 Å². The average Bonchev–Trinajstić information content (AvgIpc) is 3.10. The summed E-state index contributed by atoms with van der Waals surface area (Å²) in [6, 6.07) is 8.34. The van der Waals surface area contributed by atoms with E-state index in [-0.39, 0.29) is 0 Å². The lowest BCUT2D eigenvalue weighted by Gasteiger charge is -2.09. The molecule has 0 unspecified atom stereocenters. The van der Waals surface area contributed by atoms with Crippen LogP contribution in [-0.2, 0) is 6.54 Å². The van der Waals surface area contributed by atoms with Gasteiger partial charge in [-0.2, -0.15) is 4.98 Å². The zero-order valence-electron chi connectivity index (χ0n) is 12.0. The van der Waals surface area contributed by atoms with Crippen LogP contribution in [0.1, 0.15) is 23.8 Å². The third-order valence-corrected chi connectivity index (χ3v) is 3.56. The number of aromatic nitrogens is 2. The summed E-state index contributed by atoms with van der Waals surface area (Å²) in [5.41, 5.74) is 2.29. The van der Waals surface area contributed by atoms with E-state index in [1.807, 2.05) is 0 Å². The molecule has 5 heteroatoms. The van der Waals surface area contributed by atoms with Gasteiger partial charge in [-0.25, -0.2) is 0 Å². The molecule has 1 aromatic carbocycles. The molecule has 1 fully saturated rings. The van der Waals surface area contributed by atoms with Crippen LogP contribution >= 0.6 is 0 Å². The van der Waals surface area contributed by atoms with E-state index in [1.54, 1.807) is 0 Å². The second kappa shape index (κ2) is 5.73. The van der Waals surface area contributed by atoms with Crippen molar-refractivity contribution in [1.29, 1.82) is 0 Å². The average molecular weight is 272 g/mol. The second-order valence-corrected chi connectivity index (χ2v) is 5.58. The molecule has 2 heterocycles. The normalized spacial score (nSPS) is 18.9. The number of nitrogens with one attached hydrogen (secondary N) is 1. The summed E-state index contributed by atoms with van der Waals surface area (Å²) in [6.45, 7) is 2.90. The molecule has 106 valence electrons. The first-order chi connectivity index (χ1) is 9.72. The van der Waals surface area contributed by atoms with E-state index in [0.29, 0.717) is 11.7 Å². The number of rotatable bonds is 4. The van der Waals surface area contributed by atoms with Gasteiger partial charge in [0.05, 0.1) is 5.92 Å². The number of benzene rings is 1. The van der Waals surface area contributed by atoms with E-state index >= 15 is 0 Å². The Kier molecular flexibility index (Phi) is 3.80. The highest BCUT2D eigenvalue weighted by atomic mass is 16.5. The maximum absolute atomic E-state index is 5.39. The van der Waals surface area contributed by atoms with Gasteiger partial charge in [-0.1, -0.05) is 29.4 Å². The molecule has 0 radical (unpaired) electrons. The van der Waals surface area contributed by atoms with Crippen LogP contribution in [0.3, 0.4) is 0 Å². The Morgan fingerprint density at radius 1 is 1.30 bits per heavy atom. The summed E-state index contributed by atoms with van der Waals surface area (Å²) in [6.07, 6.45) is 1.07. The van der Waals surface area contributed by atoms with Crippen molar-refractivity contribution in [2.75, 3.05) is 27.2 Å². The molecule has 1 aliphatic heterocycles. The zero-order chi connectivity index (χ0) is 13.9. The molecular formula is C15H20N4O. The van der Waals surface area contributed by atoms with Crippen molar-refractivity contribution in [3.8, 4) is 11.4 Å². The number of hydrogen-bond donors (Lipinski definition) is 1. The molecule has 0 spiro atoms. The fourth-order valence-corrected chi connectivity index (χ4v) is 2.51. The van der Waals surface area contributed by atoms with Gasteiger partial charge in [-0.15, -0.1) is 0 Å². The summed E-state index contributed by atoms with van der Waals surface area (Å²) in [4.78, 5) is 6.67. The largest absolute Gasteiger partial charge is 0.339 e. The van der Waals surface area contributed by atoms with Gasteiger partial charge in [0.2, 0.25) is 11.7 Å². The molecule has 1 aromatic heterocycles. The Morgan fingerprint density at radius 2 is 2.10 bits per heavy atom. The minimum Gasteiger partial charge on any atom is -0.339 e. The maximum Gasteiger partial charge on any atom is 0.231 e. The predicted molar refractivity (Wildman–Crippen MR) is 77.4 cm³/mol. The van der Waals surface area contributed by atoms with Crippen molar-refractivity contribution in [1.82, 2.24) is 20.4 Å². The monoisotopic (exact) mass is 272 g/mol. The standard InChI is InChI=1S/C15H20N4O/c1-19(2)10-11-3-5-12(6-4-11)14-17-15(20-18-14)13-7-8-16-9-13/h3-6,13,16H,7-10H2,1-2H3/t13-/m0/s1. The molecule has 20 heavy (non-hydrogen) atoms. The first kappa shape index (κ1) is 13.3. The summed E-state index contributed by atoms with van der Waals surface area (Å²) in [7, 11) is 4.13. The molecule has 0 aliphatic carbocycles. The topological polar surface area (TPSA) is 54.2 Å². The van der Waals surface area contributed by atoms with Gasteiger partial charge in [0, 0.05) is 18.7 Å². The highest BCUT2D eigenvalue weighted by molar-refractivity contribution is 5.54. The smallest absolute Gasteiger partial charge is 0.231 e. The van der Waals surface area contributed by atoms with E-state index < -0.39 is 0 Å². The number of nitrogens with zero attached hydrogens (tertiary/aromatic N) is 3. The minimum atomic E-state index is 0.365. The Hall–Kier alpha value is -1.72. The van der Waals surface area contributed by atoms with Crippen molar-refractivity contribution in [2.24, 2.45) is 0 Å². The van der Waals surface area contributed by atoms with Gasteiger partial charge < -0.3 is 14.7 Å². The van der Waals surface area contributed by atoms with Crippen LogP contribution in [0.5, 0.6) is 0 Å². The SMILES string of the molecule is CN(C)Cc1ccc(-c2noc([C@H]3CCNC3)n2)cc1. The Morgan fingerprint density at radius 3 is 2.75 bits per heavy atom. The Balaban J connectivity index is 1.75. The van der Waals surface area contributed by atoms with Crippen LogP contribution < -0.4 is 5.32 Å². The van der Waals surface area contributed by atoms with Gasteiger partial charge in [0.25, 0.3) is 0 Å². The minimum absolute atomic E-state index is 0.365. The number of hydrogen-bond acceptors (Lipinski definition) is 5. The Bertz CT molecular complexity index is 556. The van der Waals surface area contributed by atoms with Crippen molar-refractivity contribution in [3.05, 3.63) is 35.7 Å². The molecule has 1 atom stereocenters. The molecule has 3 rings (SSSR count). The molecule has 1 N–H and O–H groups in total. The van der Waals surface area contributed by atoms with Gasteiger partial charge in [0.1, 0.15) is 0 Å². The van der Waals surface area contributed by atoms with E-state index in [0.717, 1.165) is 37.5 Å². The third kappa shape index (κ3) is 2.89. The van der Waals surface area contributed by atoms with Crippen molar-refractivity contribution in [3.63, 3.8) is 0 Å². The van der Waals surface area contributed by atoms with Gasteiger partial charge in [0.15, 0.2) is 0 Å². The molecule has 0 bridgehead atoms. The maximum atomic E-state index is 5.39. The van der Waals surface area contributed by atoms with Gasteiger partial charge in [-0.05, 0) is 32.6 Å². The fraction of sp³-hybridized carbons (Fsp3) is 0.467. The van der Waals surface area contributed by atoms with E-state index in [2.05, 4.69) is 58.7 Å². The molecule has 0 amide bonds. The lowest BCUT2D eigenvalue weighted by Crippen LogP contribution is -2.10. The molecule has 5 nitrogen and oxygen atoms in total. The van der Waals surface area contributed by atoms with Crippen LogP contribution in [-0.4, -0.2) is 42.2 Å². The lowest BCUT2D eigenvalue weighted by molar-refractivity contribution is 0.359. The first-order valence-corrected chi connectivity index (χ1v) is 7.01. The summed E-state index contributed by atoms with van der Waals surface area (Å²) in [5, 5.41) is 7.41. The van der Waals surface area contributed by atoms with Gasteiger partial charge >= 0.3 is 0 Å². The quantitative estimate of drug-likeness (QED) is 0.921. The van der Waals surface area contributed by atoms with Crippen molar-refractivity contribution in [2.45, 2.75) is 18.9 Å².